The van der Waals surface area contributed by atoms with E-state index >= 15 is 0 Å². The molecule has 120 valence electrons. The Morgan fingerprint density at radius 1 is 1.24 bits per heavy atom. The number of carbonyl (C=O) groups excluding carboxylic acids is 1. The Balaban J connectivity index is 0.00000400. The first-order chi connectivity index (χ1) is 9.27. The van der Waals surface area contributed by atoms with E-state index in [-0.39, 0.29) is 24.1 Å². The Bertz CT molecular complexity index is 473. The molecule has 5 heteroatoms. The molecule has 1 aromatic carbocycles. The third-order valence-corrected chi connectivity index (χ3v) is 4.12. The zero-order valence-electron chi connectivity index (χ0n) is 13.2. The maximum Gasteiger partial charge on any atom is 0.230 e. The van der Waals surface area contributed by atoms with Gasteiger partial charge in [-0.05, 0) is 32.8 Å². The predicted octanol–water partition coefficient (Wildman–Crippen LogP) is 3.16. The second kappa shape index (κ2) is 7.76. The van der Waals surface area contributed by atoms with Gasteiger partial charge in [-0.25, -0.2) is 4.39 Å². The molecule has 21 heavy (non-hydrogen) atoms. The summed E-state index contributed by atoms with van der Waals surface area (Å²) in [5, 5.41) is 2.86. The number of carbonyl (C=O) groups is 1. The lowest BCUT2D eigenvalue weighted by Crippen LogP contribution is -2.52. The fourth-order valence-electron chi connectivity index (χ4n) is 2.07. The van der Waals surface area contributed by atoms with Gasteiger partial charge >= 0.3 is 0 Å². The van der Waals surface area contributed by atoms with Gasteiger partial charge < -0.3 is 11.1 Å². The molecule has 0 aliphatic carbocycles. The molecular weight excluding hydrogens is 291 g/mol. The van der Waals surface area contributed by atoms with Crippen LogP contribution in [0.2, 0.25) is 0 Å². The summed E-state index contributed by atoms with van der Waals surface area (Å²) in [7, 11) is 0. The SMILES string of the molecule is CCC(N)(CC)CNC(=O)C(C)(C)c1ccccc1F.Cl. The maximum atomic E-state index is 13.8. The predicted molar refractivity (Wildman–Crippen MR) is 87.2 cm³/mol. The highest BCUT2D eigenvalue weighted by Gasteiger charge is 2.33. The van der Waals surface area contributed by atoms with Crippen LogP contribution in [0, 0.1) is 5.82 Å². The van der Waals surface area contributed by atoms with Crippen LogP contribution in [0.15, 0.2) is 24.3 Å². The van der Waals surface area contributed by atoms with Crippen LogP contribution < -0.4 is 11.1 Å². The average Bonchev–Trinajstić information content (AvgIpc) is 2.44. The molecule has 1 rings (SSSR count). The molecule has 0 spiro atoms. The Morgan fingerprint density at radius 2 is 1.76 bits per heavy atom. The molecule has 3 N–H and O–H groups in total. The molecule has 0 saturated carbocycles. The van der Waals surface area contributed by atoms with Gasteiger partial charge in [-0.15, -0.1) is 12.4 Å². The normalized spacial score (nSPS) is 11.7. The second-order valence-electron chi connectivity index (χ2n) is 5.86. The molecule has 0 fully saturated rings. The van der Waals surface area contributed by atoms with Crippen LogP contribution in [-0.2, 0) is 10.2 Å². The van der Waals surface area contributed by atoms with E-state index in [1.54, 1.807) is 32.0 Å². The molecule has 0 unspecified atom stereocenters. The molecular formula is C16H26ClFN2O. The lowest BCUT2D eigenvalue weighted by molar-refractivity contribution is -0.126. The summed E-state index contributed by atoms with van der Waals surface area (Å²) in [5.41, 5.74) is 5.24. The van der Waals surface area contributed by atoms with Crippen LogP contribution >= 0.6 is 12.4 Å². The van der Waals surface area contributed by atoms with E-state index in [0.717, 1.165) is 12.8 Å². The summed E-state index contributed by atoms with van der Waals surface area (Å²) in [6.45, 7) is 7.83. The number of hydrogen-bond acceptors (Lipinski definition) is 2. The van der Waals surface area contributed by atoms with Crippen molar-refractivity contribution in [1.29, 1.82) is 0 Å². The van der Waals surface area contributed by atoms with Crippen molar-refractivity contribution in [2.75, 3.05) is 6.54 Å². The standard InChI is InChI=1S/C16H25FN2O.ClH/c1-5-16(18,6-2)11-19-14(20)15(3,4)12-9-7-8-10-13(12)17;/h7-10H,5-6,11,18H2,1-4H3,(H,19,20);1H. The van der Waals surface area contributed by atoms with E-state index in [1.807, 2.05) is 13.8 Å². The molecule has 0 aliphatic heterocycles. The Morgan fingerprint density at radius 3 is 2.24 bits per heavy atom. The highest BCUT2D eigenvalue weighted by molar-refractivity contribution is 5.87. The van der Waals surface area contributed by atoms with Crippen molar-refractivity contribution in [3.05, 3.63) is 35.6 Å². The lowest BCUT2D eigenvalue weighted by atomic mass is 9.83. The smallest absolute Gasteiger partial charge is 0.230 e. The summed E-state index contributed by atoms with van der Waals surface area (Å²) in [6.07, 6.45) is 1.56. The van der Waals surface area contributed by atoms with Crippen molar-refractivity contribution in [3.63, 3.8) is 0 Å². The molecule has 0 atom stereocenters. The third-order valence-electron chi connectivity index (χ3n) is 4.12. The van der Waals surface area contributed by atoms with Gasteiger partial charge in [0.05, 0.1) is 5.41 Å². The van der Waals surface area contributed by atoms with Crippen molar-refractivity contribution in [2.24, 2.45) is 5.73 Å². The minimum Gasteiger partial charge on any atom is -0.354 e. The minimum atomic E-state index is -0.923. The summed E-state index contributed by atoms with van der Waals surface area (Å²) in [5.74, 6) is -0.572. The lowest BCUT2D eigenvalue weighted by Gasteiger charge is -2.30. The molecule has 0 heterocycles. The second-order valence-corrected chi connectivity index (χ2v) is 5.86. The number of nitrogens with one attached hydrogen (secondary N) is 1. The first kappa shape index (κ1) is 19.9. The van der Waals surface area contributed by atoms with E-state index in [0.29, 0.717) is 12.1 Å². The van der Waals surface area contributed by atoms with Crippen molar-refractivity contribution in [2.45, 2.75) is 51.5 Å². The molecule has 1 amide bonds. The molecule has 0 bridgehead atoms. The van der Waals surface area contributed by atoms with Gasteiger partial charge in [0.25, 0.3) is 0 Å². The zero-order valence-corrected chi connectivity index (χ0v) is 14.0. The van der Waals surface area contributed by atoms with E-state index in [9.17, 15) is 9.18 Å². The van der Waals surface area contributed by atoms with Gasteiger partial charge in [0.15, 0.2) is 0 Å². The van der Waals surface area contributed by atoms with Crippen molar-refractivity contribution < 1.29 is 9.18 Å². The Hall–Kier alpha value is -1.13. The average molecular weight is 317 g/mol. The van der Waals surface area contributed by atoms with Gasteiger partial charge in [-0.1, -0.05) is 32.0 Å². The molecule has 0 aromatic heterocycles. The molecule has 3 nitrogen and oxygen atoms in total. The summed E-state index contributed by atoms with van der Waals surface area (Å²) in [6, 6.07) is 6.37. The van der Waals surface area contributed by atoms with Crippen molar-refractivity contribution in [1.82, 2.24) is 5.32 Å². The van der Waals surface area contributed by atoms with E-state index in [2.05, 4.69) is 5.32 Å². The van der Waals surface area contributed by atoms with Crippen molar-refractivity contribution >= 4 is 18.3 Å². The van der Waals surface area contributed by atoms with E-state index in [1.165, 1.54) is 6.07 Å². The van der Waals surface area contributed by atoms with Gasteiger partial charge in [-0.3, -0.25) is 4.79 Å². The van der Waals surface area contributed by atoms with Gasteiger partial charge in [-0.2, -0.15) is 0 Å². The Labute approximate surface area is 132 Å². The van der Waals surface area contributed by atoms with Crippen LogP contribution in [0.5, 0.6) is 0 Å². The van der Waals surface area contributed by atoms with Gasteiger partial charge in [0, 0.05) is 17.6 Å². The largest absolute Gasteiger partial charge is 0.354 e. The van der Waals surface area contributed by atoms with Crippen molar-refractivity contribution in [3.8, 4) is 0 Å². The summed E-state index contributed by atoms with van der Waals surface area (Å²) in [4.78, 5) is 12.4. The maximum absolute atomic E-state index is 13.8. The van der Waals surface area contributed by atoms with Gasteiger partial charge in [0.1, 0.15) is 5.82 Å². The third kappa shape index (κ3) is 4.68. The first-order valence-corrected chi connectivity index (χ1v) is 7.09. The molecule has 0 aliphatic rings. The topological polar surface area (TPSA) is 55.1 Å². The highest BCUT2D eigenvalue weighted by atomic mass is 35.5. The summed E-state index contributed by atoms with van der Waals surface area (Å²) < 4.78 is 13.8. The highest BCUT2D eigenvalue weighted by Crippen LogP contribution is 2.26. The number of amides is 1. The summed E-state index contributed by atoms with van der Waals surface area (Å²) >= 11 is 0. The van der Waals surface area contributed by atoms with Gasteiger partial charge in [0.2, 0.25) is 5.91 Å². The van der Waals surface area contributed by atoms with Crippen LogP contribution in [0.1, 0.15) is 46.1 Å². The number of halogens is 2. The van der Waals surface area contributed by atoms with Crippen LogP contribution in [-0.4, -0.2) is 18.0 Å². The van der Waals surface area contributed by atoms with Crippen LogP contribution in [0.3, 0.4) is 0 Å². The molecule has 0 radical (unpaired) electrons. The van der Waals surface area contributed by atoms with E-state index in [4.69, 9.17) is 5.73 Å². The minimum absolute atomic E-state index is 0. The number of rotatable bonds is 6. The number of hydrogen-bond donors (Lipinski definition) is 2. The molecule has 0 saturated heterocycles. The monoisotopic (exact) mass is 316 g/mol. The quantitative estimate of drug-likeness (QED) is 0.847. The fourth-order valence-corrected chi connectivity index (χ4v) is 2.07. The molecule has 1 aromatic rings. The number of benzene rings is 1. The van der Waals surface area contributed by atoms with E-state index < -0.39 is 11.0 Å². The Kier molecular flexibility index (Phi) is 7.34. The van der Waals surface area contributed by atoms with Crippen LogP contribution in [0.25, 0.3) is 0 Å². The first-order valence-electron chi connectivity index (χ1n) is 7.09. The zero-order chi connectivity index (χ0) is 15.4. The fraction of sp³-hybridized carbons (Fsp3) is 0.562. The number of nitrogens with two attached hydrogens (primary N) is 1. The van der Waals surface area contributed by atoms with Crippen LogP contribution in [0.4, 0.5) is 4.39 Å².